The fourth-order valence-corrected chi connectivity index (χ4v) is 0.632. The molecule has 0 saturated heterocycles. The van der Waals surface area contributed by atoms with E-state index in [1.165, 1.54) is 0 Å². The Morgan fingerprint density at radius 3 is 0.812 bits per heavy atom. The van der Waals surface area contributed by atoms with Gasteiger partial charge in [0, 0.05) is 0 Å². The zero-order valence-corrected chi connectivity index (χ0v) is 9.52. The van der Waals surface area contributed by atoms with Crippen molar-refractivity contribution in [3.05, 3.63) is 0 Å². The second-order valence-corrected chi connectivity index (χ2v) is 2.97. The molecule has 0 aliphatic heterocycles. The van der Waals surface area contributed by atoms with Crippen molar-refractivity contribution in [1.82, 2.24) is 24.6 Å². The van der Waals surface area contributed by atoms with Gasteiger partial charge in [-0.25, -0.2) is 0 Å². The standard InChI is InChI=1S/4H3N.H2O8S2.H2O2/c;;;;1-9(2,3)7-8-10(4,5)6;1-2/h4*1H3;(H,1,2,3)(H,4,5,6);1-2H. The smallest absolute Gasteiger partial charge is 0.344 e. The quantitative estimate of drug-likeness (QED) is 0.179. The lowest BCUT2D eigenvalue weighted by Gasteiger charge is -1.92. The summed E-state index contributed by atoms with van der Waals surface area (Å²) in [6.45, 7) is 0. The minimum absolute atomic E-state index is 0. The number of hydrogen-bond donors (Lipinski definition) is 8. The van der Waals surface area contributed by atoms with Crippen molar-refractivity contribution in [2.75, 3.05) is 0 Å². The first-order valence-electron chi connectivity index (χ1n) is 1.73. The molecule has 0 radical (unpaired) electrons. The lowest BCUT2D eigenvalue weighted by atomic mass is 14.0. The molecule has 0 atom stereocenters. The van der Waals surface area contributed by atoms with E-state index in [0.717, 1.165) is 0 Å². The molecule has 16 heteroatoms. The molecule has 16 N–H and O–H groups in total. The molecule has 0 rings (SSSR count). The highest BCUT2D eigenvalue weighted by Crippen LogP contribution is 1.92. The summed E-state index contributed by atoms with van der Waals surface area (Å²) in [6, 6.07) is 0. The average molecular weight is 296 g/mol. The van der Waals surface area contributed by atoms with Crippen LogP contribution >= 0.6 is 0 Å². The van der Waals surface area contributed by atoms with Crippen molar-refractivity contribution in [1.29, 1.82) is 0 Å². The monoisotopic (exact) mass is 296 g/mol. The van der Waals surface area contributed by atoms with Gasteiger partial charge in [-0.2, -0.15) is 16.8 Å². The van der Waals surface area contributed by atoms with E-state index in [2.05, 4.69) is 8.67 Å². The zero-order chi connectivity index (χ0) is 10.4. The van der Waals surface area contributed by atoms with E-state index in [4.69, 9.17) is 19.6 Å². The molecule has 0 amide bonds. The van der Waals surface area contributed by atoms with E-state index in [9.17, 15) is 16.8 Å². The maximum Gasteiger partial charge on any atom is 0.425 e. The van der Waals surface area contributed by atoms with E-state index in [-0.39, 0.29) is 24.6 Å². The highest BCUT2D eigenvalue weighted by atomic mass is 32.3. The third-order valence-corrected chi connectivity index (χ3v) is 0.766. The van der Waals surface area contributed by atoms with E-state index >= 15 is 0 Å². The van der Waals surface area contributed by atoms with Gasteiger partial charge in [0.25, 0.3) is 0 Å². The molecular formula is H16N4O10S2. The van der Waals surface area contributed by atoms with Crippen LogP contribution in [0.5, 0.6) is 0 Å². The Bertz CT molecular complexity index is 257. The van der Waals surface area contributed by atoms with E-state index in [1.807, 2.05) is 0 Å². The molecule has 0 heterocycles. The van der Waals surface area contributed by atoms with Crippen molar-refractivity contribution in [3.8, 4) is 0 Å². The average Bonchev–Trinajstić information content (AvgIpc) is 1.86. The summed E-state index contributed by atoms with van der Waals surface area (Å²) in [5.41, 5.74) is 0. The molecule has 0 spiro atoms. The summed E-state index contributed by atoms with van der Waals surface area (Å²) in [5.74, 6) is 0. The first-order chi connectivity index (χ1) is 5.21. The van der Waals surface area contributed by atoms with Gasteiger partial charge in [0.1, 0.15) is 0 Å². The fourth-order valence-electron chi connectivity index (χ4n) is 0.0702. The van der Waals surface area contributed by atoms with Crippen LogP contribution in [0.4, 0.5) is 0 Å². The maximum absolute atomic E-state index is 9.51. The van der Waals surface area contributed by atoms with Crippen LogP contribution in [0.25, 0.3) is 0 Å². The summed E-state index contributed by atoms with van der Waals surface area (Å²) in [7, 11) is -10.0. The lowest BCUT2D eigenvalue weighted by molar-refractivity contribution is -0.176. The Balaban J connectivity index is -0.0000000393. The minimum Gasteiger partial charge on any atom is -0.344 e. The second kappa shape index (κ2) is 14.5. The lowest BCUT2D eigenvalue weighted by Crippen LogP contribution is -2.10. The summed E-state index contributed by atoms with van der Waals surface area (Å²) < 4.78 is 58.9. The molecule has 14 nitrogen and oxygen atoms in total. The highest BCUT2D eigenvalue weighted by Gasteiger charge is 2.13. The predicted molar refractivity (Wildman–Crippen MR) is 50.6 cm³/mol. The zero-order valence-electron chi connectivity index (χ0n) is 7.88. The molecule has 16 heavy (non-hydrogen) atoms. The van der Waals surface area contributed by atoms with Gasteiger partial charge in [0.15, 0.2) is 0 Å². The number of rotatable bonds is 3. The topological polar surface area (TPSA) is 308 Å². The summed E-state index contributed by atoms with van der Waals surface area (Å²) >= 11 is 0. The molecule has 0 aromatic heterocycles. The van der Waals surface area contributed by atoms with Gasteiger partial charge in [0.2, 0.25) is 0 Å². The Labute approximate surface area is 91.3 Å². The summed E-state index contributed by atoms with van der Waals surface area (Å²) in [6.07, 6.45) is 0. The highest BCUT2D eigenvalue weighted by molar-refractivity contribution is 7.83. The van der Waals surface area contributed by atoms with Crippen molar-refractivity contribution >= 4 is 20.8 Å². The predicted octanol–water partition coefficient (Wildman–Crippen LogP) is -0.794. The van der Waals surface area contributed by atoms with Gasteiger partial charge >= 0.3 is 20.8 Å². The van der Waals surface area contributed by atoms with Crippen LogP contribution in [0.2, 0.25) is 0 Å². The van der Waals surface area contributed by atoms with Crippen molar-refractivity contribution < 1.29 is 45.1 Å². The van der Waals surface area contributed by atoms with E-state index in [0.29, 0.717) is 0 Å². The van der Waals surface area contributed by atoms with Crippen molar-refractivity contribution in [2.24, 2.45) is 0 Å². The van der Waals surface area contributed by atoms with Crippen molar-refractivity contribution in [3.63, 3.8) is 0 Å². The van der Waals surface area contributed by atoms with Gasteiger partial charge in [-0.05, 0) is 0 Å². The van der Waals surface area contributed by atoms with Crippen LogP contribution in [-0.4, -0.2) is 36.5 Å². The summed E-state index contributed by atoms with van der Waals surface area (Å²) in [4.78, 5) is 0. The molecule has 0 aliphatic rings. The molecule has 0 aromatic carbocycles. The van der Waals surface area contributed by atoms with Crippen LogP contribution in [0, 0.1) is 0 Å². The number of hydrogen-bond acceptors (Lipinski definition) is 12. The normalized spacial score (nSPS) is 8.75. The van der Waals surface area contributed by atoms with Crippen LogP contribution in [0.15, 0.2) is 0 Å². The molecule has 0 bridgehead atoms. The summed E-state index contributed by atoms with van der Waals surface area (Å²) in [5, 5.41) is 12.0. The maximum atomic E-state index is 9.51. The van der Waals surface area contributed by atoms with Gasteiger partial charge in [-0.3, -0.25) is 19.6 Å². The van der Waals surface area contributed by atoms with Gasteiger partial charge in [-0.15, -0.1) is 0 Å². The molecule has 0 fully saturated rings. The third kappa shape index (κ3) is 49.9. The van der Waals surface area contributed by atoms with Crippen LogP contribution < -0.4 is 24.6 Å². The molecule has 108 valence electrons. The Hall–Kier alpha value is -0.500. The fraction of sp³-hybridized carbons (Fsp3) is 0. The first-order valence-corrected chi connectivity index (χ1v) is 4.46. The first kappa shape index (κ1) is 36.1. The Kier molecular flexibility index (Phi) is 32.7. The van der Waals surface area contributed by atoms with Crippen molar-refractivity contribution in [2.45, 2.75) is 0 Å². The van der Waals surface area contributed by atoms with E-state index < -0.39 is 20.8 Å². The van der Waals surface area contributed by atoms with E-state index in [1.54, 1.807) is 0 Å². The SMILES string of the molecule is N.N.N.N.O=S(=O)(O)OOS(=O)(=O)O.OO. The molecule has 0 unspecified atom stereocenters. The second-order valence-electron chi connectivity index (χ2n) is 0.992. The van der Waals surface area contributed by atoms with Crippen LogP contribution in [-0.2, 0) is 29.5 Å². The van der Waals surface area contributed by atoms with Gasteiger partial charge < -0.3 is 24.6 Å². The molecular weight excluding hydrogens is 280 g/mol. The van der Waals surface area contributed by atoms with Crippen LogP contribution in [0.3, 0.4) is 0 Å². The Morgan fingerprint density at radius 1 is 0.625 bits per heavy atom. The largest absolute Gasteiger partial charge is 0.425 e. The Morgan fingerprint density at radius 2 is 0.750 bits per heavy atom. The molecule has 0 saturated carbocycles. The minimum atomic E-state index is -5.02. The third-order valence-electron chi connectivity index (χ3n) is 0.200. The molecule has 0 aromatic rings. The van der Waals surface area contributed by atoms with Gasteiger partial charge in [0.05, 0.1) is 0 Å². The molecule has 0 aliphatic carbocycles. The van der Waals surface area contributed by atoms with Gasteiger partial charge in [-0.1, -0.05) is 8.67 Å². The van der Waals surface area contributed by atoms with Crippen LogP contribution in [0.1, 0.15) is 0 Å².